The number of nitrogens with two attached hydrogens (primary N) is 2. The largest absolute Gasteiger partial charge is 0.349 e. The van der Waals surface area contributed by atoms with Crippen LogP contribution in [0.25, 0.3) is 0 Å². The third kappa shape index (κ3) is 11.8. The van der Waals surface area contributed by atoms with Crippen molar-refractivity contribution in [3.05, 3.63) is 92.9 Å². The van der Waals surface area contributed by atoms with E-state index in [1.165, 1.54) is 36.5 Å². The molecule has 4 aromatic rings. The van der Waals surface area contributed by atoms with Crippen molar-refractivity contribution in [2.24, 2.45) is 11.6 Å². The number of anilines is 2. The van der Waals surface area contributed by atoms with Gasteiger partial charge in [-0.3, -0.25) is 15.0 Å². The Bertz CT molecular complexity index is 1660. The molecule has 2 aromatic heterocycles. The molecule has 0 saturated heterocycles. The van der Waals surface area contributed by atoms with E-state index in [0.29, 0.717) is 34.9 Å². The van der Waals surface area contributed by atoms with E-state index >= 15 is 0 Å². The van der Waals surface area contributed by atoms with Gasteiger partial charge in [-0.2, -0.15) is 5.12 Å². The highest BCUT2D eigenvalue weighted by molar-refractivity contribution is 7.14. The van der Waals surface area contributed by atoms with E-state index in [-0.39, 0.29) is 11.8 Å². The zero-order valence-electron chi connectivity index (χ0n) is 26.1. The number of nitrogens with one attached hydrogen (secondary N) is 4. The van der Waals surface area contributed by atoms with Crippen molar-refractivity contribution in [2.45, 2.75) is 52.5 Å². The van der Waals surface area contributed by atoms with E-state index in [1.54, 1.807) is 4.90 Å². The Morgan fingerprint density at radius 1 is 0.702 bits per heavy atom. The number of urea groups is 2. The summed E-state index contributed by atoms with van der Waals surface area (Å²) in [5, 5.41) is 11.0. The zero-order chi connectivity index (χ0) is 33.8. The Morgan fingerprint density at radius 3 is 1.60 bits per heavy atom. The number of rotatable bonds is 15. The van der Waals surface area contributed by atoms with Gasteiger partial charge in [-0.05, 0) is 54.4 Å². The number of primary amides is 1. The summed E-state index contributed by atoms with van der Waals surface area (Å²) >= 11 is 2.81. The van der Waals surface area contributed by atoms with E-state index in [9.17, 15) is 19.2 Å². The van der Waals surface area contributed by atoms with Gasteiger partial charge in [-0.25, -0.2) is 25.4 Å². The maximum atomic E-state index is 13.1. The summed E-state index contributed by atoms with van der Waals surface area (Å²) < 4.78 is 0. The van der Waals surface area contributed by atoms with Crippen LogP contribution in [0.5, 0.6) is 0 Å². The second-order valence-electron chi connectivity index (χ2n) is 10.7. The highest BCUT2D eigenvalue weighted by Gasteiger charge is 2.16. The number of hydrazine groups is 3. The standard InChI is InChI=1S/C31H38N10O4S2/c1-20(42)34-29-36-26(18-46-29)13-11-22-3-5-24(6-4-22)15-16-40(31(45)38-39-41(33)28(32)44)17-25-9-7-23(8-10-25)12-14-27-19-47-30(37-27)35-21(2)43/h3-10,18-19,39H,11-17,33H2,1-2H3,(H2,32,44)(H,38,45)(H,34,36,42)(H,35,37,43). The lowest BCUT2D eigenvalue weighted by Crippen LogP contribution is -2.59. The van der Waals surface area contributed by atoms with Gasteiger partial charge in [0.05, 0.1) is 11.4 Å². The lowest BCUT2D eigenvalue weighted by atomic mass is 10.0. The molecule has 0 unspecified atom stereocenters. The number of benzene rings is 2. The van der Waals surface area contributed by atoms with E-state index in [2.05, 4.69) is 43.7 Å². The van der Waals surface area contributed by atoms with Gasteiger partial charge in [-0.15, -0.1) is 28.2 Å². The van der Waals surface area contributed by atoms with Crippen molar-refractivity contribution < 1.29 is 19.2 Å². The van der Waals surface area contributed by atoms with Gasteiger partial charge in [0.1, 0.15) is 0 Å². The van der Waals surface area contributed by atoms with E-state index < -0.39 is 12.1 Å². The summed E-state index contributed by atoms with van der Waals surface area (Å²) in [5.41, 5.74) is 15.9. The van der Waals surface area contributed by atoms with E-state index in [1.807, 2.05) is 47.2 Å². The highest BCUT2D eigenvalue weighted by Crippen LogP contribution is 2.19. The average Bonchev–Trinajstić information content (AvgIpc) is 3.68. The third-order valence-electron chi connectivity index (χ3n) is 6.91. The quantitative estimate of drug-likeness (QED) is 0.0623. The molecule has 0 fully saturated rings. The molecule has 2 heterocycles. The van der Waals surface area contributed by atoms with Crippen LogP contribution in [-0.2, 0) is 48.2 Å². The van der Waals surface area contributed by atoms with Gasteiger partial charge >= 0.3 is 12.1 Å². The molecule has 16 heteroatoms. The predicted octanol–water partition coefficient (Wildman–Crippen LogP) is 3.52. The highest BCUT2D eigenvalue weighted by atomic mass is 32.1. The molecule has 8 N–H and O–H groups in total. The molecule has 0 atom stereocenters. The molecule has 0 aliphatic rings. The van der Waals surface area contributed by atoms with Crippen molar-refractivity contribution in [1.82, 2.24) is 30.9 Å². The van der Waals surface area contributed by atoms with Crippen LogP contribution in [0.3, 0.4) is 0 Å². The molecule has 0 saturated carbocycles. The molecule has 0 bridgehead atoms. The number of carbonyl (C=O) groups is 4. The smallest absolute Gasteiger partial charge is 0.345 e. The fourth-order valence-electron chi connectivity index (χ4n) is 4.47. The fourth-order valence-corrected chi connectivity index (χ4v) is 6.05. The average molecular weight is 679 g/mol. The molecule has 47 heavy (non-hydrogen) atoms. The Kier molecular flexibility index (Phi) is 12.7. The van der Waals surface area contributed by atoms with Gasteiger partial charge in [0.25, 0.3) is 0 Å². The summed E-state index contributed by atoms with van der Waals surface area (Å²) in [5.74, 6) is 5.17. The monoisotopic (exact) mass is 678 g/mol. The number of nitrogens with zero attached hydrogens (tertiary/aromatic N) is 4. The summed E-state index contributed by atoms with van der Waals surface area (Å²) in [7, 11) is 0. The predicted molar refractivity (Wildman–Crippen MR) is 182 cm³/mol. The SMILES string of the molecule is CC(=O)Nc1nc(CCc2ccc(CCN(Cc3ccc(CCc4csc(NC(C)=O)n4)cc3)C(=O)NNN(N)C(N)=O)cc2)cs1. The first kappa shape index (κ1) is 35.0. The molecule has 4 rings (SSSR count). The molecule has 0 radical (unpaired) electrons. The molecular weight excluding hydrogens is 641 g/mol. The van der Waals surface area contributed by atoms with E-state index in [4.69, 9.17) is 11.6 Å². The maximum absolute atomic E-state index is 13.1. The lowest BCUT2D eigenvalue weighted by molar-refractivity contribution is -0.115. The Balaban J connectivity index is 1.32. The summed E-state index contributed by atoms with van der Waals surface area (Å²) in [6.45, 7) is 3.62. The van der Waals surface area contributed by atoms with Crippen LogP contribution in [0.2, 0.25) is 0 Å². The number of hydrogen-bond donors (Lipinski definition) is 6. The third-order valence-corrected chi connectivity index (χ3v) is 8.52. The minimum Gasteiger partial charge on any atom is -0.349 e. The number of aryl methyl sites for hydroxylation is 4. The minimum atomic E-state index is -0.959. The minimum absolute atomic E-state index is 0.141. The van der Waals surface area contributed by atoms with Gasteiger partial charge in [-0.1, -0.05) is 48.5 Å². The van der Waals surface area contributed by atoms with Crippen LogP contribution >= 0.6 is 22.7 Å². The van der Waals surface area contributed by atoms with Crippen molar-refractivity contribution in [1.29, 1.82) is 0 Å². The second kappa shape index (κ2) is 17.1. The fraction of sp³-hybridized carbons (Fsp3) is 0.290. The van der Waals surface area contributed by atoms with Crippen molar-refractivity contribution >= 4 is 56.8 Å². The van der Waals surface area contributed by atoms with Gasteiger partial charge < -0.3 is 21.3 Å². The maximum Gasteiger partial charge on any atom is 0.345 e. The number of thiazole rings is 2. The van der Waals surface area contributed by atoms with Crippen molar-refractivity contribution in [3.8, 4) is 0 Å². The normalized spacial score (nSPS) is 10.7. The number of amides is 6. The summed E-state index contributed by atoms with van der Waals surface area (Å²) in [4.78, 5) is 57.3. The van der Waals surface area contributed by atoms with Crippen LogP contribution in [0, 0.1) is 0 Å². The number of hydrogen-bond acceptors (Lipinski definition) is 10. The molecule has 2 aromatic carbocycles. The molecule has 14 nitrogen and oxygen atoms in total. The van der Waals surface area contributed by atoms with Crippen LogP contribution in [0.15, 0.2) is 59.3 Å². The molecule has 0 aliphatic carbocycles. The summed E-state index contributed by atoms with van der Waals surface area (Å²) in [6, 6.07) is 14.7. The number of carbonyl (C=O) groups excluding carboxylic acids is 4. The Labute approximate surface area is 280 Å². The first-order valence-electron chi connectivity index (χ1n) is 14.8. The molecule has 6 amide bonds. The molecule has 248 valence electrons. The first-order chi connectivity index (χ1) is 22.5. The molecular formula is C31H38N10O4S2. The molecule has 0 aliphatic heterocycles. The zero-order valence-corrected chi connectivity index (χ0v) is 27.7. The van der Waals surface area contributed by atoms with Crippen LogP contribution in [0.4, 0.5) is 19.9 Å². The summed E-state index contributed by atoms with van der Waals surface area (Å²) in [6.07, 6.45) is 3.65. The van der Waals surface area contributed by atoms with Gasteiger partial charge in [0.15, 0.2) is 10.3 Å². The number of aromatic nitrogens is 2. The van der Waals surface area contributed by atoms with Crippen molar-refractivity contribution in [3.63, 3.8) is 0 Å². The topological polar surface area (TPSA) is 201 Å². The van der Waals surface area contributed by atoms with Gasteiger partial charge in [0.2, 0.25) is 11.8 Å². The van der Waals surface area contributed by atoms with Crippen molar-refractivity contribution in [2.75, 3.05) is 17.2 Å². The Morgan fingerprint density at radius 2 is 1.15 bits per heavy atom. The van der Waals surface area contributed by atoms with Gasteiger partial charge in [0, 0.05) is 37.7 Å². The van der Waals surface area contributed by atoms with Crippen LogP contribution < -0.4 is 33.2 Å². The first-order valence-corrected chi connectivity index (χ1v) is 16.5. The van der Waals surface area contributed by atoms with Crippen LogP contribution in [0.1, 0.15) is 47.5 Å². The second-order valence-corrected chi connectivity index (χ2v) is 12.4. The van der Waals surface area contributed by atoms with E-state index in [0.717, 1.165) is 59.3 Å². The molecule has 0 spiro atoms. The Hall–Kier alpha value is -4.90. The van der Waals surface area contributed by atoms with Crippen LogP contribution in [-0.4, -0.2) is 50.4 Å². The lowest BCUT2D eigenvalue weighted by Gasteiger charge is -2.25.